The molecule has 0 aromatic heterocycles. The van der Waals surface area contributed by atoms with Gasteiger partial charge in [0.25, 0.3) is 5.92 Å². The number of hydrogen-bond donors (Lipinski definition) is 4. The van der Waals surface area contributed by atoms with E-state index < -0.39 is 42.8 Å². The van der Waals surface area contributed by atoms with Crippen LogP contribution in [0.4, 0.5) is 13.6 Å². The van der Waals surface area contributed by atoms with Gasteiger partial charge in [0, 0.05) is 19.4 Å². The molecule has 5 N–H and O–H groups in total. The van der Waals surface area contributed by atoms with Crippen LogP contribution in [0.15, 0.2) is 0 Å². The molecule has 1 aliphatic heterocycles. The minimum atomic E-state index is -2.88. The summed E-state index contributed by atoms with van der Waals surface area (Å²) in [6.07, 6.45) is -0.718. The number of alkyl halides is 2. The number of hydrogen-bond acceptors (Lipinski definition) is 4. The van der Waals surface area contributed by atoms with Gasteiger partial charge in [-0.25, -0.2) is 13.6 Å². The summed E-state index contributed by atoms with van der Waals surface area (Å²) in [4.78, 5) is 32.7. The van der Waals surface area contributed by atoms with Crippen molar-refractivity contribution in [1.29, 1.82) is 0 Å². The average Bonchev–Trinajstić information content (AvgIpc) is 2.57. The second-order valence-corrected chi connectivity index (χ2v) is 3.95. The highest BCUT2D eigenvalue weighted by Gasteiger charge is 2.42. The third kappa shape index (κ3) is 6.30. The van der Waals surface area contributed by atoms with Gasteiger partial charge < -0.3 is 11.1 Å². The molecule has 0 bridgehead atoms. The molecule has 0 aliphatic carbocycles. The maximum atomic E-state index is 12.8. The largest absolute Gasteiger partial charge is 0.354 e. The van der Waals surface area contributed by atoms with Crippen molar-refractivity contribution < 1.29 is 23.2 Å². The van der Waals surface area contributed by atoms with Crippen molar-refractivity contribution in [3.05, 3.63) is 0 Å². The van der Waals surface area contributed by atoms with Gasteiger partial charge in [-0.1, -0.05) is 0 Å². The van der Waals surface area contributed by atoms with E-state index in [1.54, 1.807) is 0 Å². The molecule has 0 spiro atoms. The fraction of sp³-hybridized carbons (Fsp3) is 0.667. The molecule has 19 heavy (non-hydrogen) atoms. The molecular formula is C9H15ClF2N4O3. The van der Waals surface area contributed by atoms with Gasteiger partial charge in [-0.05, 0) is 0 Å². The fourth-order valence-corrected chi connectivity index (χ4v) is 1.52. The second-order valence-electron chi connectivity index (χ2n) is 3.95. The van der Waals surface area contributed by atoms with Crippen molar-refractivity contribution in [2.24, 2.45) is 5.73 Å². The third-order valence-electron chi connectivity index (χ3n) is 2.34. The van der Waals surface area contributed by atoms with E-state index in [2.05, 4.69) is 10.6 Å². The molecule has 0 radical (unpaired) electrons. The van der Waals surface area contributed by atoms with Crippen molar-refractivity contribution in [3.8, 4) is 0 Å². The normalized spacial score (nSPS) is 20.2. The van der Waals surface area contributed by atoms with Gasteiger partial charge in [-0.15, -0.1) is 12.4 Å². The molecule has 0 saturated carbocycles. The summed E-state index contributed by atoms with van der Waals surface area (Å²) in [5.74, 6) is -4.13. The molecular weight excluding hydrogens is 286 g/mol. The van der Waals surface area contributed by atoms with E-state index in [0.717, 1.165) is 0 Å². The Kier molecular flexibility index (Phi) is 6.63. The van der Waals surface area contributed by atoms with Crippen molar-refractivity contribution in [2.45, 2.75) is 24.8 Å². The highest BCUT2D eigenvalue weighted by atomic mass is 35.5. The van der Waals surface area contributed by atoms with E-state index in [1.807, 2.05) is 5.32 Å². The number of amides is 4. The van der Waals surface area contributed by atoms with E-state index in [-0.39, 0.29) is 25.4 Å². The summed E-state index contributed by atoms with van der Waals surface area (Å²) in [5.41, 5.74) is 4.70. The Morgan fingerprint density at radius 1 is 1.37 bits per heavy atom. The van der Waals surface area contributed by atoms with Crippen LogP contribution < -0.4 is 21.7 Å². The number of halogens is 3. The van der Waals surface area contributed by atoms with Crippen LogP contribution in [0, 0.1) is 0 Å². The summed E-state index contributed by atoms with van der Waals surface area (Å²) in [6, 6.07) is -1.94. The topological polar surface area (TPSA) is 113 Å². The predicted molar refractivity (Wildman–Crippen MR) is 64.0 cm³/mol. The zero-order valence-corrected chi connectivity index (χ0v) is 10.7. The van der Waals surface area contributed by atoms with Crippen LogP contribution in [0.3, 0.4) is 0 Å². The Bertz CT molecular complexity index is 367. The number of primary amides is 1. The lowest BCUT2D eigenvalue weighted by atomic mass is 10.2. The van der Waals surface area contributed by atoms with E-state index in [4.69, 9.17) is 5.73 Å². The number of rotatable bonds is 4. The average molecular weight is 301 g/mol. The molecule has 1 aliphatic rings. The fourth-order valence-electron chi connectivity index (χ4n) is 1.52. The Morgan fingerprint density at radius 2 is 2.00 bits per heavy atom. The number of imide groups is 1. The summed E-state index contributed by atoms with van der Waals surface area (Å²) in [5, 5.41) is 6.51. The molecule has 10 heteroatoms. The lowest BCUT2D eigenvalue weighted by Crippen LogP contribution is -2.42. The van der Waals surface area contributed by atoms with E-state index in [9.17, 15) is 23.2 Å². The van der Waals surface area contributed by atoms with Crippen LogP contribution in [0.5, 0.6) is 0 Å². The molecule has 7 nitrogen and oxygen atoms in total. The zero-order valence-electron chi connectivity index (χ0n) is 9.87. The minimum Gasteiger partial charge on any atom is -0.354 e. The molecule has 1 rings (SSSR count). The molecule has 0 aromatic carbocycles. The Balaban J connectivity index is 0.00000324. The Hall–Kier alpha value is -1.48. The maximum absolute atomic E-state index is 12.8. The standard InChI is InChI=1S/C9H14F2N4O3.ClH/c10-9(11)3-5(14-4-9)7(17)13-2-1-6(16)15-8(12)18;/h5,14H,1-4H2,(H,13,17)(H3,12,15,16,18);1H. The first-order chi connectivity index (χ1) is 8.30. The maximum Gasteiger partial charge on any atom is 0.318 e. The van der Waals surface area contributed by atoms with E-state index in [1.165, 1.54) is 0 Å². The first-order valence-electron chi connectivity index (χ1n) is 5.28. The highest BCUT2D eigenvalue weighted by Crippen LogP contribution is 2.24. The van der Waals surface area contributed by atoms with Crippen molar-refractivity contribution in [2.75, 3.05) is 13.1 Å². The second kappa shape index (κ2) is 7.19. The smallest absolute Gasteiger partial charge is 0.318 e. The Labute approximate surface area is 114 Å². The van der Waals surface area contributed by atoms with E-state index in [0.29, 0.717) is 0 Å². The number of nitrogens with two attached hydrogens (primary N) is 1. The molecule has 1 heterocycles. The number of nitrogens with one attached hydrogen (secondary N) is 3. The SMILES string of the molecule is Cl.NC(=O)NC(=O)CCNC(=O)C1CC(F)(F)CN1. The van der Waals surface area contributed by atoms with Gasteiger partial charge in [0.05, 0.1) is 12.6 Å². The van der Waals surface area contributed by atoms with Crippen LogP contribution in [0.25, 0.3) is 0 Å². The number of carbonyl (C=O) groups is 3. The predicted octanol–water partition coefficient (Wildman–Crippen LogP) is -0.893. The first kappa shape index (κ1) is 17.5. The van der Waals surface area contributed by atoms with Crippen LogP contribution in [0.2, 0.25) is 0 Å². The summed E-state index contributed by atoms with van der Waals surface area (Å²) < 4.78 is 25.6. The summed E-state index contributed by atoms with van der Waals surface area (Å²) in [7, 11) is 0. The van der Waals surface area contributed by atoms with E-state index >= 15 is 0 Å². The number of carbonyl (C=O) groups excluding carboxylic acids is 3. The van der Waals surface area contributed by atoms with Gasteiger partial charge >= 0.3 is 6.03 Å². The van der Waals surface area contributed by atoms with Gasteiger partial charge in [-0.3, -0.25) is 20.2 Å². The monoisotopic (exact) mass is 300 g/mol. The quantitative estimate of drug-likeness (QED) is 0.539. The minimum absolute atomic E-state index is 0. The van der Waals surface area contributed by atoms with Crippen molar-refractivity contribution in [1.82, 2.24) is 16.0 Å². The molecule has 4 amide bonds. The van der Waals surface area contributed by atoms with Gasteiger partial charge in [-0.2, -0.15) is 0 Å². The summed E-state index contributed by atoms with van der Waals surface area (Å²) in [6.45, 7) is -0.588. The van der Waals surface area contributed by atoms with Gasteiger partial charge in [0.1, 0.15) is 0 Å². The first-order valence-corrected chi connectivity index (χ1v) is 5.28. The molecule has 1 atom stereocenters. The molecule has 1 saturated heterocycles. The van der Waals surface area contributed by atoms with Crippen molar-refractivity contribution >= 4 is 30.3 Å². The lowest BCUT2D eigenvalue weighted by molar-refractivity contribution is -0.123. The van der Waals surface area contributed by atoms with Gasteiger partial charge in [0.2, 0.25) is 11.8 Å². The van der Waals surface area contributed by atoms with Crippen LogP contribution in [-0.4, -0.2) is 42.9 Å². The molecule has 0 aromatic rings. The summed E-state index contributed by atoms with van der Waals surface area (Å²) >= 11 is 0. The van der Waals surface area contributed by atoms with Gasteiger partial charge in [0.15, 0.2) is 0 Å². The van der Waals surface area contributed by atoms with Crippen molar-refractivity contribution in [3.63, 3.8) is 0 Å². The molecule has 1 fully saturated rings. The Morgan fingerprint density at radius 3 is 2.47 bits per heavy atom. The molecule has 1 unspecified atom stereocenters. The number of urea groups is 1. The molecule has 110 valence electrons. The third-order valence-corrected chi connectivity index (χ3v) is 2.34. The lowest BCUT2D eigenvalue weighted by Gasteiger charge is -2.10. The van der Waals surface area contributed by atoms with Crippen LogP contribution in [0.1, 0.15) is 12.8 Å². The van der Waals surface area contributed by atoms with Crippen LogP contribution in [-0.2, 0) is 9.59 Å². The highest BCUT2D eigenvalue weighted by molar-refractivity contribution is 5.93. The van der Waals surface area contributed by atoms with Crippen LogP contribution >= 0.6 is 12.4 Å². The zero-order chi connectivity index (χ0) is 13.8.